The molecule has 1 aliphatic rings. The van der Waals surface area contributed by atoms with Crippen molar-refractivity contribution in [2.45, 2.75) is 20.3 Å². The lowest BCUT2D eigenvalue weighted by Crippen LogP contribution is -2.38. The first-order chi connectivity index (χ1) is 16.0. The van der Waals surface area contributed by atoms with E-state index in [0.717, 1.165) is 73.1 Å². The van der Waals surface area contributed by atoms with Gasteiger partial charge in [-0.25, -0.2) is 4.68 Å². The zero-order valence-corrected chi connectivity index (χ0v) is 19.6. The summed E-state index contributed by atoms with van der Waals surface area (Å²) < 4.78 is 12.4. The summed E-state index contributed by atoms with van der Waals surface area (Å²) in [4.78, 5) is 15.6. The Hall–Kier alpha value is -3.16. The number of amides is 1. The second kappa shape index (κ2) is 10.6. The van der Waals surface area contributed by atoms with Crippen molar-refractivity contribution >= 4 is 5.91 Å². The Kier molecular flexibility index (Phi) is 7.42. The number of hydrogen-bond donors (Lipinski definition) is 1. The maximum atomic E-state index is 13.2. The van der Waals surface area contributed by atoms with Crippen LogP contribution in [0.3, 0.4) is 0 Å². The van der Waals surface area contributed by atoms with Gasteiger partial charge in [-0.05, 0) is 74.3 Å². The number of nitrogens with zero attached hydrogens (tertiary/aromatic N) is 3. The van der Waals surface area contributed by atoms with Gasteiger partial charge >= 0.3 is 0 Å². The molecule has 1 fully saturated rings. The predicted molar refractivity (Wildman–Crippen MR) is 129 cm³/mol. The molecule has 2 heterocycles. The van der Waals surface area contributed by atoms with E-state index in [4.69, 9.17) is 14.6 Å². The molecule has 7 nitrogen and oxygen atoms in total. The summed E-state index contributed by atoms with van der Waals surface area (Å²) >= 11 is 0. The number of aromatic nitrogens is 2. The fraction of sp³-hybridized carbons (Fsp3) is 0.385. The second-order valence-corrected chi connectivity index (χ2v) is 8.41. The molecule has 1 aliphatic heterocycles. The van der Waals surface area contributed by atoms with Gasteiger partial charge in [0, 0.05) is 25.2 Å². The minimum atomic E-state index is -0.120. The zero-order valence-electron chi connectivity index (χ0n) is 19.6. The summed E-state index contributed by atoms with van der Waals surface area (Å²) in [6, 6.07) is 15.8. The van der Waals surface area contributed by atoms with E-state index in [2.05, 4.69) is 28.4 Å². The molecule has 0 unspecified atom stereocenters. The molecule has 3 aromatic rings. The number of benzene rings is 2. The summed E-state index contributed by atoms with van der Waals surface area (Å²) in [5, 5.41) is 7.91. The number of nitrogens with one attached hydrogen (secondary N) is 1. The second-order valence-electron chi connectivity index (χ2n) is 8.41. The topological polar surface area (TPSA) is 68.6 Å². The molecule has 0 atom stereocenters. The van der Waals surface area contributed by atoms with E-state index in [-0.39, 0.29) is 5.91 Å². The SMILES string of the molecule is COc1ccc(-c2cc(C(=O)NCCCN3CCOCC3)n(-c3cc(C)ccc3C)n2)cc1. The van der Waals surface area contributed by atoms with Gasteiger partial charge < -0.3 is 14.8 Å². The van der Waals surface area contributed by atoms with Crippen LogP contribution in [0.2, 0.25) is 0 Å². The van der Waals surface area contributed by atoms with Crippen LogP contribution in [0.25, 0.3) is 16.9 Å². The van der Waals surface area contributed by atoms with Crippen LogP contribution in [-0.2, 0) is 4.74 Å². The van der Waals surface area contributed by atoms with Crippen molar-refractivity contribution in [1.29, 1.82) is 0 Å². The van der Waals surface area contributed by atoms with Crippen molar-refractivity contribution in [1.82, 2.24) is 20.0 Å². The van der Waals surface area contributed by atoms with Gasteiger partial charge in [-0.3, -0.25) is 9.69 Å². The molecule has 0 radical (unpaired) electrons. The van der Waals surface area contributed by atoms with Gasteiger partial charge in [0.25, 0.3) is 5.91 Å². The first kappa shape index (κ1) is 23.0. The number of aryl methyl sites for hydroxylation is 2. The lowest BCUT2D eigenvalue weighted by Gasteiger charge is -2.26. The average Bonchev–Trinajstić information content (AvgIpc) is 3.29. The molecule has 1 saturated heterocycles. The predicted octanol–water partition coefficient (Wildman–Crippen LogP) is 3.62. The van der Waals surface area contributed by atoms with Gasteiger partial charge in [0.05, 0.1) is 31.7 Å². The Morgan fingerprint density at radius 2 is 1.85 bits per heavy atom. The molecule has 0 saturated carbocycles. The minimum absolute atomic E-state index is 0.120. The summed E-state index contributed by atoms with van der Waals surface area (Å²) in [6.45, 7) is 9.14. The molecular formula is C26H32N4O3. The largest absolute Gasteiger partial charge is 0.497 e. The number of hydrogen-bond acceptors (Lipinski definition) is 5. The Balaban J connectivity index is 1.55. The quantitative estimate of drug-likeness (QED) is 0.533. The van der Waals surface area contributed by atoms with Gasteiger partial charge in [0.15, 0.2) is 0 Å². The molecule has 1 amide bonds. The Labute approximate surface area is 195 Å². The maximum Gasteiger partial charge on any atom is 0.270 e. The van der Waals surface area contributed by atoms with Crippen molar-refractivity contribution in [3.05, 3.63) is 65.4 Å². The Morgan fingerprint density at radius 3 is 2.58 bits per heavy atom. The minimum Gasteiger partial charge on any atom is -0.497 e. The third-order valence-electron chi connectivity index (χ3n) is 5.96. The molecule has 0 aliphatic carbocycles. The Bertz CT molecular complexity index is 1090. The highest BCUT2D eigenvalue weighted by Crippen LogP contribution is 2.25. The third-order valence-corrected chi connectivity index (χ3v) is 5.96. The average molecular weight is 449 g/mol. The van der Waals surface area contributed by atoms with Crippen molar-refractivity contribution in [3.63, 3.8) is 0 Å². The molecule has 0 spiro atoms. The summed E-state index contributed by atoms with van der Waals surface area (Å²) in [7, 11) is 1.64. The van der Waals surface area contributed by atoms with E-state index in [1.807, 2.05) is 44.2 Å². The van der Waals surface area contributed by atoms with Gasteiger partial charge in [-0.2, -0.15) is 5.10 Å². The zero-order chi connectivity index (χ0) is 23.2. The van der Waals surface area contributed by atoms with Crippen LogP contribution in [0.1, 0.15) is 28.0 Å². The number of carbonyl (C=O) groups is 1. The highest BCUT2D eigenvalue weighted by atomic mass is 16.5. The number of morpholine rings is 1. The number of rotatable bonds is 8. The molecule has 33 heavy (non-hydrogen) atoms. The van der Waals surface area contributed by atoms with E-state index in [1.165, 1.54) is 0 Å². The highest BCUT2D eigenvalue weighted by molar-refractivity contribution is 5.94. The van der Waals surface area contributed by atoms with Crippen molar-refractivity contribution in [3.8, 4) is 22.7 Å². The normalized spacial score (nSPS) is 14.3. The lowest BCUT2D eigenvalue weighted by molar-refractivity contribution is 0.0374. The molecule has 174 valence electrons. The first-order valence-electron chi connectivity index (χ1n) is 11.5. The summed E-state index contributed by atoms with van der Waals surface area (Å²) in [6.07, 6.45) is 0.898. The highest BCUT2D eigenvalue weighted by Gasteiger charge is 2.19. The molecule has 0 bridgehead atoms. The maximum absolute atomic E-state index is 13.2. The van der Waals surface area contributed by atoms with Crippen molar-refractivity contribution < 1.29 is 14.3 Å². The number of carbonyl (C=O) groups excluding carboxylic acids is 1. The fourth-order valence-corrected chi connectivity index (χ4v) is 4.00. The molecule has 7 heteroatoms. The molecule has 2 aromatic carbocycles. The molecule has 1 aromatic heterocycles. The summed E-state index contributed by atoms with van der Waals surface area (Å²) in [5.74, 6) is 0.663. The van der Waals surface area contributed by atoms with Crippen molar-refractivity contribution in [2.24, 2.45) is 0 Å². The summed E-state index contributed by atoms with van der Waals surface area (Å²) in [5.41, 5.74) is 5.30. The number of ether oxygens (including phenoxy) is 2. The van der Waals surface area contributed by atoms with Crippen LogP contribution in [0, 0.1) is 13.8 Å². The van der Waals surface area contributed by atoms with Crippen molar-refractivity contribution in [2.75, 3.05) is 46.5 Å². The van der Waals surface area contributed by atoms with E-state index < -0.39 is 0 Å². The number of methoxy groups -OCH3 is 1. The van der Waals surface area contributed by atoms with Gasteiger partial charge in [-0.15, -0.1) is 0 Å². The molecular weight excluding hydrogens is 416 g/mol. The van der Waals surface area contributed by atoms with Crippen LogP contribution in [0.5, 0.6) is 5.75 Å². The standard InChI is InChI=1S/C26H32N4O3/c1-19-5-6-20(2)24(17-19)30-25(18-23(28-30)21-7-9-22(32-3)10-8-21)26(31)27-11-4-12-29-13-15-33-16-14-29/h5-10,17-18H,4,11-16H2,1-3H3,(H,27,31). The fourth-order valence-electron chi connectivity index (χ4n) is 4.00. The van der Waals surface area contributed by atoms with E-state index in [0.29, 0.717) is 12.2 Å². The monoisotopic (exact) mass is 448 g/mol. The van der Waals surface area contributed by atoms with Crippen LogP contribution >= 0.6 is 0 Å². The molecule has 1 N–H and O–H groups in total. The van der Waals surface area contributed by atoms with Crippen LogP contribution in [0.4, 0.5) is 0 Å². The lowest BCUT2D eigenvalue weighted by atomic mass is 10.1. The molecule has 4 rings (SSSR count). The van der Waals surface area contributed by atoms with Crippen LogP contribution in [-0.4, -0.2) is 67.1 Å². The third kappa shape index (κ3) is 5.61. The van der Waals surface area contributed by atoms with Gasteiger partial charge in [-0.1, -0.05) is 12.1 Å². The van der Waals surface area contributed by atoms with E-state index in [1.54, 1.807) is 11.8 Å². The first-order valence-corrected chi connectivity index (χ1v) is 11.5. The van der Waals surface area contributed by atoms with E-state index in [9.17, 15) is 4.79 Å². The van der Waals surface area contributed by atoms with Crippen LogP contribution in [0.15, 0.2) is 48.5 Å². The Morgan fingerprint density at radius 1 is 1.09 bits per heavy atom. The van der Waals surface area contributed by atoms with Crippen LogP contribution < -0.4 is 10.1 Å². The smallest absolute Gasteiger partial charge is 0.270 e. The van der Waals surface area contributed by atoms with Gasteiger partial charge in [0.1, 0.15) is 11.4 Å². The van der Waals surface area contributed by atoms with E-state index >= 15 is 0 Å². The van der Waals surface area contributed by atoms with Gasteiger partial charge in [0.2, 0.25) is 0 Å².